The number of hydrogen-bond acceptors (Lipinski definition) is 9. The molecule has 0 aliphatic heterocycles. The lowest BCUT2D eigenvalue weighted by Gasteiger charge is -2.12. The molecule has 2 amide bonds. The van der Waals surface area contributed by atoms with E-state index in [9.17, 15) is 19.5 Å². The van der Waals surface area contributed by atoms with E-state index in [1.165, 1.54) is 19.2 Å². The highest BCUT2D eigenvalue weighted by Gasteiger charge is 2.30. The van der Waals surface area contributed by atoms with E-state index in [0.29, 0.717) is 24.9 Å². The number of aromatic amines is 1. The standard InChI is InChI=1S/C22H25N5O7/c1-32-15-8-18(29)16(11-28)19(9-15)33-12-21(30)25-20-10-17(26-27-20)13-3-4-14(7-13)34-22(31)24-6-2-5-23/h8-11,13-14,29H,2-4,6-7,12H2,1H3,(H,24,31)(H2,25,26,27,30)/t13-,14+/m0/s1. The molecule has 1 aliphatic rings. The van der Waals surface area contributed by atoms with Crippen LogP contribution in [0.25, 0.3) is 0 Å². The minimum absolute atomic E-state index is 0.0124. The molecule has 4 N–H and O–H groups in total. The summed E-state index contributed by atoms with van der Waals surface area (Å²) in [5.41, 5.74) is 0.709. The smallest absolute Gasteiger partial charge is 0.407 e. The topological polar surface area (TPSA) is 176 Å². The minimum atomic E-state index is -0.541. The molecule has 2 atom stereocenters. The van der Waals surface area contributed by atoms with Crippen molar-refractivity contribution in [2.45, 2.75) is 37.7 Å². The van der Waals surface area contributed by atoms with Gasteiger partial charge < -0.3 is 30.0 Å². The van der Waals surface area contributed by atoms with Gasteiger partial charge in [0, 0.05) is 36.4 Å². The molecule has 0 saturated heterocycles. The van der Waals surface area contributed by atoms with Crippen molar-refractivity contribution in [3.63, 3.8) is 0 Å². The number of amides is 2. The van der Waals surface area contributed by atoms with Crippen molar-refractivity contribution in [2.75, 3.05) is 25.6 Å². The number of alkyl carbamates (subject to hydrolysis) is 1. The van der Waals surface area contributed by atoms with Crippen molar-refractivity contribution < 1.29 is 33.7 Å². The molecule has 0 radical (unpaired) electrons. The van der Waals surface area contributed by atoms with Crippen LogP contribution in [0, 0.1) is 11.3 Å². The first kappa shape index (κ1) is 24.4. The molecule has 1 aromatic carbocycles. The Labute approximate surface area is 195 Å². The van der Waals surface area contributed by atoms with Gasteiger partial charge in [0.1, 0.15) is 23.4 Å². The molecule has 12 heteroatoms. The molecule has 0 bridgehead atoms. The lowest BCUT2D eigenvalue weighted by molar-refractivity contribution is -0.118. The number of ether oxygens (including phenoxy) is 3. The number of hydrogen-bond donors (Lipinski definition) is 4. The average molecular weight is 471 g/mol. The van der Waals surface area contributed by atoms with Crippen LogP contribution in [0.2, 0.25) is 0 Å². The number of nitrogens with one attached hydrogen (secondary N) is 3. The van der Waals surface area contributed by atoms with Crippen molar-refractivity contribution in [1.82, 2.24) is 15.5 Å². The van der Waals surface area contributed by atoms with Gasteiger partial charge in [-0.05, 0) is 19.3 Å². The fourth-order valence-electron chi connectivity index (χ4n) is 3.62. The van der Waals surface area contributed by atoms with Gasteiger partial charge in [-0.1, -0.05) is 0 Å². The molecule has 12 nitrogen and oxygen atoms in total. The fraction of sp³-hybridized carbons (Fsp3) is 0.409. The predicted molar refractivity (Wildman–Crippen MR) is 118 cm³/mol. The third-order valence-electron chi connectivity index (χ3n) is 5.28. The molecule has 1 aromatic heterocycles. The van der Waals surface area contributed by atoms with E-state index < -0.39 is 18.6 Å². The number of aromatic nitrogens is 2. The van der Waals surface area contributed by atoms with Crippen molar-refractivity contribution in [3.05, 3.63) is 29.5 Å². The zero-order valence-corrected chi connectivity index (χ0v) is 18.5. The van der Waals surface area contributed by atoms with E-state index in [2.05, 4.69) is 20.8 Å². The summed E-state index contributed by atoms with van der Waals surface area (Å²) in [5.74, 6) is -0.168. The minimum Gasteiger partial charge on any atom is -0.507 e. The zero-order valence-electron chi connectivity index (χ0n) is 18.5. The van der Waals surface area contributed by atoms with Crippen LogP contribution in [-0.2, 0) is 9.53 Å². The maximum atomic E-state index is 12.3. The molecule has 3 rings (SSSR count). The molecule has 0 spiro atoms. The first-order chi connectivity index (χ1) is 16.4. The van der Waals surface area contributed by atoms with Gasteiger partial charge in [-0.25, -0.2) is 4.79 Å². The fourth-order valence-corrected chi connectivity index (χ4v) is 3.62. The molecular formula is C22H25N5O7. The van der Waals surface area contributed by atoms with Crippen LogP contribution in [0.5, 0.6) is 17.2 Å². The molecule has 1 saturated carbocycles. The number of phenols is 1. The summed E-state index contributed by atoms with van der Waals surface area (Å²) in [6.07, 6.45) is 1.94. The van der Waals surface area contributed by atoms with Crippen LogP contribution >= 0.6 is 0 Å². The van der Waals surface area contributed by atoms with E-state index in [4.69, 9.17) is 19.5 Å². The molecule has 2 aromatic rings. The lowest BCUT2D eigenvalue weighted by Crippen LogP contribution is -2.28. The Bertz CT molecular complexity index is 1080. The Morgan fingerprint density at radius 2 is 2.18 bits per heavy atom. The second kappa shape index (κ2) is 11.6. The second-order valence-electron chi connectivity index (χ2n) is 7.59. The average Bonchev–Trinajstić information content (AvgIpc) is 3.47. The summed E-state index contributed by atoms with van der Waals surface area (Å²) in [6, 6.07) is 6.30. The Hall–Kier alpha value is -4.27. The van der Waals surface area contributed by atoms with E-state index in [-0.39, 0.29) is 47.8 Å². The van der Waals surface area contributed by atoms with Gasteiger partial charge in [0.2, 0.25) is 0 Å². The van der Waals surface area contributed by atoms with Gasteiger partial charge >= 0.3 is 6.09 Å². The number of carbonyl (C=O) groups is 3. The van der Waals surface area contributed by atoms with Crippen LogP contribution in [0.4, 0.5) is 10.6 Å². The Morgan fingerprint density at radius 1 is 1.35 bits per heavy atom. The van der Waals surface area contributed by atoms with Crippen molar-refractivity contribution in [3.8, 4) is 23.3 Å². The van der Waals surface area contributed by atoms with Crippen LogP contribution in [0.3, 0.4) is 0 Å². The predicted octanol–water partition coefficient (Wildman–Crippen LogP) is 2.23. The van der Waals surface area contributed by atoms with E-state index in [0.717, 1.165) is 12.1 Å². The highest BCUT2D eigenvalue weighted by Crippen LogP contribution is 2.36. The maximum absolute atomic E-state index is 12.3. The molecule has 1 heterocycles. The number of phenolic OH excluding ortho intramolecular Hbond substituents is 1. The largest absolute Gasteiger partial charge is 0.507 e. The number of benzene rings is 1. The number of carbonyl (C=O) groups excluding carboxylic acids is 3. The monoisotopic (exact) mass is 471 g/mol. The van der Waals surface area contributed by atoms with E-state index in [1.807, 2.05) is 6.07 Å². The van der Waals surface area contributed by atoms with Gasteiger partial charge in [-0.2, -0.15) is 10.4 Å². The van der Waals surface area contributed by atoms with Crippen LogP contribution in [0.15, 0.2) is 18.2 Å². The molecule has 180 valence electrons. The molecule has 1 fully saturated rings. The number of anilines is 1. The number of H-pyrrole nitrogens is 1. The van der Waals surface area contributed by atoms with E-state index >= 15 is 0 Å². The van der Waals surface area contributed by atoms with Crippen molar-refractivity contribution >= 4 is 24.1 Å². The first-order valence-corrected chi connectivity index (χ1v) is 10.6. The number of nitrogens with zero attached hydrogens (tertiary/aromatic N) is 2. The normalized spacial score (nSPS) is 16.8. The van der Waals surface area contributed by atoms with Gasteiger partial charge in [0.05, 0.1) is 25.2 Å². The summed E-state index contributed by atoms with van der Waals surface area (Å²) in [4.78, 5) is 35.2. The summed E-state index contributed by atoms with van der Waals surface area (Å²) < 4.78 is 15.8. The van der Waals surface area contributed by atoms with Crippen LogP contribution in [0.1, 0.15) is 47.7 Å². The van der Waals surface area contributed by atoms with Crippen molar-refractivity contribution in [1.29, 1.82) is 5.26 Å². The van der Waals surface area contributed by atoms with Gasteiger partial charge in [-0.15, -0.1) is 0 Å². The second-order valence-corrected chi connectivity index (χ2v) is 7.59. The van der Waals surface area contributed by atoms with Gasteiger partial charge in [0.15, 0.2) is 18.7 Å². The quantitative estimate of drug-likeness (QED) is 0.299. The van der Waals surface area contributed by atoms with E-state index in [1.54, 1.807) is 6.07 Å². The summed E-state index contributed by atoms with van der Waals surface area (Å²) >= 11 is 0. The highest BCUT2D eigenvalue weighted by molar-refractivity contribution is 5.91. The molecule has 0 unspecified atom stereocenters. The summed E-state index contributed by atoms with van der Waals surface area (Å²) in [6.45, 7) is -0.176. The number of aldehydes is 1. The molecular weight excluding hydrogens is 446 g/mol. The Balaban J connectivity index is 1.49. The van der Waals surface area contributed by atoms with Crippen LogP contribution in [-0.4, -0.2) is 60.0 Å². The molecule has 1 aliphatic carbocycles. The van der Waals surface area contributed by atoms with Gasteiger partial charge in [-0.3, -0.25) is 14.7 Å². The third-order valence-corrected chi connectivity index (χ3v) is 5.28. The number of nitriles is 1. The highest BCUT2D eigenvalue weighted by atomic mass is 16.6. The third kappa shape index (κ3) is 6.38. The Morgan fingerprint density at radius 3 is 2.91 bits per heavy atom. The number of aromatic hydroxyl groups is 1. The first-order valence-electron chi connectivity index (χ1n) is 10.6. The Kier molecular flexibility index (Phi) is 8.28. The molecule has 34 heavy (non-hydrogen) atoms. The summed E-state index contributed by atoms with van der Waals surface area (Å²) in [7, 11) is 1.39. The number of rotatable bonds is 10. The van der Waals surface area contributed by atoms with Crippen molar-refractivity contribution in [2.24, 2.45) is 0 Å². The lowest BCUT2D eigenvalue weighted by atomic mass is 10.0. The maximum Gasteiger partial charge on any atom is 0.407 e. The zero-order chi connectivity index (χ0) is 24.5. The SMILES string of the molecule is COc1cc(O)c(C=O)c(OCC(=O)Nc2cc([C@H]3CC[C@@H](OC(=O)NCCC#N)C3)[nH]n2)c1. The van der Waals surface area contributed by atoms with Crippen LogP contribution < -0.4 is 20.1 Å². The van der Waals surface area contributed by atoms with Gasteiger partial charge in [0.25, 0.3) is 5.91 Å². The number of methoxy groups -OCH3 is 1. The summed E-state index contributed by atoms with van der Waals surface area (Å²) in [5, 5.41) is 30.5.